The maximum Gasteiger partial charge on any atom is 0.240 e. The van der Waals surface area contributed by atoms with Gasteiger partial charge >= 0.3 is 0 Å². The van der Waals surface area contributed by atoms with E-state index in [1.807, 2.05) is 17.0 Å². The lowest BCUT2D eigenvalue weighted by molar-refractivity contribution is -0.135. The van der Waals surface area contributed by atoms with E-state index < -0.39 is 0 Å². The Morgan fingerprint density at radius 2 is 1.86 bits per heavy atom. The minimum Gasteiger partial charge on any atom is -0.331 e. The molecule has 5 heteroatoms. The first-order valence-corrected chi connectivity index (χ1v) is 9.07. The van der Waals surface area contributed by atoms with Gasteiger partial charge in [0.05, 0.1) is 19.1 Å². The number of hydrogen-bond acceptors (Lipinski definition) is 4. The van der Waals surface area contributed by atoms with Crippen molar-refractivity contribution in [2.24, 2.45) is 5.92 Å². The van der Waals surface area contributed by atoms with E-state index in [2.05, 4.69) is 35.1 Å². The van der Waals surface area contributed by atoms with E-state index in [1.165, 1.54) is 9.75 Å². The summed E-state index contributed by atoms with van der Waals surface area (Å²) in [5.74, 6) is 0.661. The Morgan fingerprint density at radius 3 is 2.29 bits per heavy atom. The van der Waals surface area contributed by atoms with Gasteiger partial charge in [0.15, 0.2) is 0 Å². The van der Waals surface area contributed by atoms with Crippen LogP contribution in [0.2, 0.25) is 0 Å². The zero-order valence-corrected chi connectivity index (χ0v) is 13.8. The smallest absolute Gasteiger partial charge is 0.240 e. The monoisotopic (exact) mass is 320 g/mol. The molecule has 1 aliphatic heterocycles. The van der Waals surface area contributed by atoms with Crippen molar-refractivity contribution in [3.8, 4) is 0 Å². The number of nitrogens with one attached hydrogen (secondary N) is 1. The lowest BCUT2D eigenvalue weighted by Crippen LogP contribution is -2.45. The Balaban J connectivity index is 1.75. The van der Waals surface area contributed by atoms with E-state index in [-0.39, 0.29) is 11.9 Å². The van der Waals surface area contributed by atoms with Gasteiger partial charge in [-0.15, -0.1) is 22.7 Å². The molecule has 1 N–H and O–H groups in total. The zero-order valence-electron chi connectivity index (χ0n) is 12.1. The molecule has 3 heterocycles. The average molecular weight is 320 g/mol. The van der Waals surface area contributed by atoms with Crippen molar-refractivity contribution in [3.05, 3.63) is 44.8 Å². The van der Waals surface area contributed by atoms with Crippen LogP contribution < -0.4 is 5.32 Å². The molecule has 2 aromatic rings. The largest absolute Gasteiger partial charge is 0.331 e. The van der Waals surface area contributed by atoms with Crippen molar-refractivity contribution in [2.75, 3.05) is 6.54 Å². The summed E-state index contributed by atoms with van der Waals surface area (Å²) in [7, 11) is 0. The number of amides is 1. The number of thiophene rings is 2. The SMILES string of the molecule is CC1CCNC1C(=O)N(Cc1cccs1)Cc1cccs1. The van der Waals surface area contributed by atoms with Crippen LogP contribution in [0.1, 0.15) is 23.1 Å². The molecular weight excluding hydrogens is 300 g/mol. The molecule has 1 saturated heterocycles. The molecule has 1 fully saturated rings. The Kier molecular flexibility index (Phi) is 4.73. The van der Waals surface area contributed by atoms with Gasteiger partial charge in [-0.1, -0.05) is 19.1 Å². The third-order valence-corrected chi connectivity index (χ3v) is 5.69. The summed E-state index contributed by atoms with van der Waals surface area (Å²) in [5.41, 5.74) is 0. The molecule has 0 aromatic carbocycles. The van der Waals surface area contributed by atoms with Crippen LogP contribution in [0.4, 0.5) is 0 Å². The predicted molar refractivity (Wildman–Crippen MR) is 88.5 cm³/mol. The van der Waals surface area contributed by atoms with Gasteiger partial charge in [0, 0.05) is 9.75 Å². The van der Waals surface area contributed by atoms with E-state index in [0.29, 0.717) is 19.0 Å². The predicted octanol–water partition coefficient (Wildman–Crippen LogP) is 3.34. The summed E-state index contributed by atoms with van der Waals surface area (Å²) in [6.45, 7) is 4.53. The van der Waals surface area contributed by atoms with Crippen LogP contribution in [0.5, 0.6) is 0 Å². The van der Waals surface area contributed by atoms with Gasteiger partial charge in [-0.3, -0.25) is 4.79 Å². The van der Waals surface area contributed by atoms with E-state index in [4.69, 9.17) is 0 Å². The van der Waals surface area contributed by atoms with Crippen molar-refractivity contribution >= 4 is 28.6 Å². The minimum atomic E-state index is -0.0232. The van der Waals surface area contributed by atoms with E-state index in [9.17, 15) is 4.79 Å². The fourth-order valence-corrected chi connectivity index (χ4v) is 4.19. The molecule has 2 atom stereocenters. The van der Waals surface area contributed by atoms with Crippen molar-refractivity contribution in [2.45, 2.75) is 32.5 Å². The van der Waals surface area contributed by atoms with Gasteiger partial charge in [0.2, 0.25) is 5.91 Å². The van der Waals surface area contributed by atoms with Gasteiger partial charge in [0.25, 0.3) is 0 Å². The van der Waals surface area contributed by atoms with Crippen LogP contribution in [-0.4, -0.2) is 23.4 Å². The molecule has 2 aromatic heterocycles. The molecule has 21 heavy (non-hydrogen) atoms. The summed E-state index contributed by atoms with van der Waals surface area (Å²) in [4.78, 5) is 17.4. The molecule has 2 unspecified atom stereocenters. The molecule has 1 amide bonds. The van der Waals surface area contributed by atoms with Gasteiger partial charge in [-0.25, -0.2) is 0 Å². The fraction of sp³-hybridized carbons (Fsp3) is 0.438. The maximum atomic E-state index is 12.9. The fourth-order valence-electron chi connectivity index (χ4n) is 2.75. The highest BCUT2D eigenvalue weighted by molar-refractivity contribution is 7.10. The van der Waals surface area contributed by atoms with Crippen LogP contribution in [0.3, 0.4) is 0 Å². The first-order valence-electron chi connectivity index (χ1n) is 7.31. The molecule has 0 aliphatic carbocycles. The number of rotatable bonds is 5. The molecule has 0 radical (unpaired) electrons. The molecule has 112 valence electrons. The number of nitrogens with zero attached hydrogens (tertiary/aromatic N) is 1. The molecule has 1 aliphatic rings. The number of carbonyl (C=O) groups is 1. The van der Waals surface area contributed by atoms with Gasteiger partial charge in [-0.2, -0.15) is 0 Å². The first-order chi connectivity index (χ1) is 10.2. The Morgan fingerprint density at radius 1 is 1.24 bits per heavy atom. The minimum absolute atomic E-state index is 0.0232. The summed E-state index contributed by atoms with van der Waals surface area (Å²) >= 11 is 3.43. The van der Waals surface area contributed by atoms with Crippen LogP contribution in [-0.2, 0) is 17.9 Å². The Bertz CT molecular complexity index is 529. The van der Waals surface area contributed by atoms with Crippen LogP contribution in [0, 0.1) is 5.92 Å². The van der Waals surface area contributed by atoms with Crippen LogP contribution in [0.15, 0.2) is 35.0 Å². The van der Waals surface area contributed by atoms with Crippen LogP contribution in [0.25, 0.3) is 0 Å². The lowest BCUT2D eigenvalue weighted by atomic mass is 10.0. The normalized spacial score (nSPS) is 21.6. The molecule has 3 rings (SSSR count). The average Bonchev–Trinajstić information content (AvgIpc) is 3.19. The highest BCUT2D eigenvalue weighted by Crippen LogP contribution is 2.22. The van der Waals surface area contributed by atoms with Crippen molar-refractivity contribution in [1.82, 2.24) is 10.2 Å². The topological polar surface area (TPSA) is 32.3 Å². The van der Waals surface area contributed by atoms with Gasteiger partial charge in [0.1, 0.15) is 0 Å². The maximum absolute atomic E-state index is 12.9. The molecule has 0 saturated carbocycles. The van der Waals surface area contributed by atoms with Crippen molar-refractivity contribution in [1.29, 1.82) is 0 Å². The summed E-state index contributed by atoms with van der Waals surface area (Å²) in [6.07, 6.45) is 1.09. The molecule has 0 spiro atoms. The lowest BCUT2D eigenvalue weighted by Gasteiger charge is -2.26. The van der Waals surface area contributed by atoms with Crippen molar-refractivity contribution < 1.29 is 4.79 Å². The van der Waals surface area contributed by atoms with E-state index >= 15 is 0 Å². The van der Waals surface area contributed by atoms with Gasteiger partial charge < -0.3 is 10.2 Å². The zero-order chi connectivity index (χ0) is 14.7. The van der Waals surface area contributed by atoms with Gasteiger partial charge in [-0.05, 0) is 41.8 Å². The Hall–Kier alpha value is -1.17. The quantitative estimate of drug-likeness (QED) is 0.916. The highest BCUT2D eigenvalue weighted by Gasteiger charge is 2.32. The van der Waals surface area contributed by atoms with Crippen LogP contribution >= 0.6 is 22.7 Å². The second-order valence-electron chi connectivity index (χ2n) is 5.55. The number of carbonyl (C=O) groups excluding carboxylic acids is 1. The molecule has 0 bridgehead atoms. The summed E-state index contributed by atoms with van der Waals surface area (Å²) in [5, 5.41) is 7.50. The third kappa shape index (κ3) is 3.54. The highest BCUT2D eigenvalue weighted by atomic mass is 32.1. The second-order valence-corrected chi connectivity index (χ2v) is 7.62. The van der Waals surface area contributed by atoms with Crippen molar-refractivity contribution in [3.63, 3.8) is 0 Å². The second kappa shape index (κ2) is 6.73. The summed E-state index contributed by atoms with van der Waals surface area (Å²) in [6, 6.07) is 8.27. The van der Waals surface area contributed by atoms with E-state index in [1.54, 1.807) is 22.7 Å². The Labute approximate surface area is 133 Å². The molecule has 3 nitrogen and oxygen atoms in total. The standard InChI is InChI=1S/C16H20N2OS2/c1-12-6-7-17-15(12)16(19)18(10-13-4-2-8-20-13)11-14-5-3-9-21-14/h2-5,8-9,12,15,17H,6-7,10-11H2,1H3. The van der Waals surface area contributed by atoms with E-state index in [0.717, 1.165) is 13.0 Å². The summed E-state index contributed by atoms with van der Waals surface area (Å²) < 4.78 is 0. The third-order valence-electron chi connectivity index (χ3n) is 3.96. The molecular formula is C16H20N2OS2. The number of hydrogen-bond donors (Lipinski definition) is 1. The first kappa shape index (κ1) is 14.8.